The van der Waals surface area contributed by atoms with Crippen molar-refractivity contribution < 1.29 is 5.11 Å². The van der Waals surface area contributed by atoms with Crippen molar-refractivity contribution in [2.24, 2.45) is 0 Å². The van der Waals surface area contributed by atoms with Gasteiger partial charge in [-0.15, -0.1) is 11.3 Å². The van der Waals surface area contributed by atoms with Gasteiger partial charge in [0.2, 0.25) is 0 Å². The highest BCUT2D eigenvalue weighted by atomic mass is 32.1. The highest BCUT2D eigenvalue weighted by Crippen LogP contribution is 2.15. The number of nitrogens with zero attached hydrogens (tertiary/aromatic N) is 2. The van der Waals surface area contributed by atoms with Gasteiger partial charge in [0.05, 0.1) is 12.6 Å². The number of aryl methyl sites for hydroxylation is 1. The minimum Gasteiger partial charge on any atom is -0.392 e. The van der Waals surface area contributed by atoms with Crippen LogP contribution in [0.15, 0.2) is 5.38 Å². The van der Waals surface area contributed by atoms with Crippen LogP contribution in [0, 0.1) is 6.92 Å². The normalized spacial score (nSPS) is 24.0. The van der Waals surface area contributed by atoms with E-state index in [1.807, 2.05) is 6.92 Å². The maximum Gasteiger partial charge on any atom is 0.107 e. The average molecular weight is 198 g/mol. The number of rotatable bonds is 2. The van der Waals surface area contributed by atoms with Crippen LogP contribution in [0.1, 0.15) is 17.1 Å². The molecule has 3 nitrogen and oxygen atoms in total. The predicted octanol–water partition coefficient (Wildman–Crippen LogP) is 1.02. The lowest BCUT2D eigenvalue weighted by Crippen LogP contribution is -2.21. The molecule has 2 heterocycles. The molecule has 0 aromatic carbocycles. The Morgan fingerprint density at radius 3 is 3.15 bits per heavy atom. The highest BCUT2D eigenvalue weighted by Gasteiger charge is 2.20. The molecule has 1 aliphatic heterocycles. The summed E-state index contributed by atoms with van der Waals surface area (Å²) in [7, 11) is 0. The Bertz CT molecular complexity index is 287. The molecule has 1 fully saturated rings. The number of aliphatic hydroxyl groups excluding tert-OH is 1. The van der Waals surface area contributed by atoms with Crippen LogP contribution in [0.3, 0.4) is 0 Å². The molecule has 1 atom stereocenters. The van der Waals surface area contributed by atoms with E-state index in [4.69, 9.17) is 0 Å². The summed E-state index contributed by atoms with van der Waals surface area (Å²) in [6.45, 7) is 4.72. The fraction of sp³-hybridized carbons (Fsp3) is 0.667. The molecule has 2 rings (SSSR count). The molecule has 0 bridgehead atoms. The lowest BCUT2D eigenvalue weighted by atomic mass is 10.3. The summed E-state index contributed by atoms with van der Waals surface area (Å²) in [5.41, 5.74) is 1.10. The molecule has 0 unspecified atom stereocenters. The molecule has 4 heteroatoms. The zero-order chi connectivity index (χ0) is 9.26. The molecule has 0 aliphatic carbocycles. The van der Waals surface area contributed by atoms with E-state index < -0.39 is 0 Å². The van der Waals surface area contributed by atoms with Crippen molar-refractivity contribution in [3.05, 3.63) is 16.1 Å². The third-order valence-corrected chi connectivity index (χ3v) is 3.22. The molecule has 0 amide bonds. The van der Waals surface area contributed by atoms with Gasteiger partial charge in [-0.2, -0.15) is 0 Å². The Morgan fingerprint density at radius 2 is 2.62 bits per heavy atom. The quantitative estimate of drug-likeness (QED) is 0.770. The summed E-state index contributed by atoms with van der Waals surface area (Å²) in [6.07, 6.45) is 0.783. The summed E-state index contributed by atoms with van der Waals surface area (Å²) in [4.78, 5) is 6.65. The molecule has 72 valence electrons. The van der Waals surface area contributed by atoms with Gasteiger partial charge in [0.1, 0.15) is 5.01 Å². The summed E-state index contributed by atoms with van der Waals surface area (Å²) in [6, 6.07) is 0. The Labute approximate surface area is 82.0 Å². The first kappa shape index (κ1) is 9.12. The molecular weight excluding hydrogens is 184 g/mol. The van der Waals surface area contributed by atoms with Crippen molar-refractivity contribution in [2.75, 3.05) is 13.1 Å². The van der Waals surface area contributed by atoms with Crippen LogP contribution in [-0.2, 0) is 6.54 Å². The van der Waals surface area contributed by atoms with Crippen LogP contribution < -0.4 is 0 Å². The smallest absolute Gasteiger partial charge is 0.107 e. The first-order chi connectivity index (χ1) is 6.24. The van der Waals surface area contributed by atoms with Crippen molar-refractivity contribution in [3.8, 4) is 0 Å². The van der Waals surface area contributed by atoms with Crippen molar-refractivity contribution >= 4 is 11.3 Å². The predicted molar refractivity (Wildman–Crippen MR) is 52.8 cm³/mol. The second-order valence-electron chi connectivity index (χ2n) is 3.56. The number of hydrogen-bond donors (Lipinski definition) is 1. The molecule has 1 aromatic heterocycles. The third-order valence-electron chi connectivity index (χ3n) is 2.27. The van der Waals surface area contributed by atoms with E-state index in [9.17, 15) is 5.11 Å². The lowest BCUT2D eigenvalue weighted by molar-refractivity contribution is 0.174. The summed E-state index contributed by atoms with van der Waals surface area (Å²) in [5.74, 6) is 0. The molecule has 0 radical (unpaired) electrons. The number of likely N-dealkylation sites (tertiary alicyclic amines) is 1. The molecule has 1 aliphatic rings. The fourth-order valence-corrected chi connectivity index (χ4v) is 2.44. The summed E-state index contributed by atoms with van der Waals surface area (Å²) in [5, 5.41) is 12.6. The molecule has 1 saturated heterocycles. The number of aliphatic hydroxyl groups is 1. The Hall–Kier alpha value is -0.450. The van der Waals surface area contributed by atoms with Crippen LogP contribution in [-0.4, -0.2) is 34.2 Å². The van der Waals surface area contributed by atoms with Crippen molar-refractivity contribution in [1.29, 1.82) is 0 Å². The largest absolute Gasteiger partial charge is 0.392 e. The van der Waals surface area contributed by atoms with E-state index in [0.717, 1.165) is 36.8 Å². The topological polar surface area (TPSA) is 36.4 Å². The van der Waals surface area contributed by atoms with Gasteiger partial charge in [-0.25, -0.2) is 4.98 Å². The summed E-state index contributed by atoms with van der Waals surface area (Å²) < 4.78 is 0. The van der Waals surface area contributed by atoms with Gasteiger partial charge in [0.15, 0.2) is 0 Å². The average Bonchev–Trinajstić information content (AvgIpc) is 2.62. The van der Waals surface area contributed by atoms with Crippen LogP contribution in [0.2, 0.25) is 0 Å². The van der Waals surface area contributed by atoms with Crippen LogP contribution in [0.25, 0.3) is 0 Å². The van der Waals surface area contributed by atoms with Crippen LogP contribution >= 0.6 is 11.3 Å². The first-order valence-corrected chi connectivity index (χ1v) is 5.43. The van der Waals surface area contributed by atoms with E-state index in [1.54, 1.807) is 11.3 Å². The fourth-order valence-electron chi connectivity index (χ4n) is 1.62. The van der Waals surface area contributed by atoms with E-state index in [0.29, 0.717) is 0 Å². The van der Waals surface area contributed by atoms with E-state index in [1.165, 1.54) is 0 Å². The van der Waals surface area contributed by atoms with Gasteiger partial charge < -0.3 is 5.11 Å². The highest BCUT2D eigenvalue weighted by molar-refractivity contribution is 7.09. The number of thiazole rings is 1. The molecule has 1 N–H and O–H groups in total. The van der Waals surface area contributed by atoms with Crippen LogP contribution in [0.5, 0.6) is 0 Å². The Balaban J connectivity index is 1.91. The molecule has 1 aromatic rings. The van der Waals surface area contributed by atoms with Gasteiger partial charge in [-0.3, -0.25) is 4.90 Å². The monoisotopic (exact) mass is 198 g/mol. The van der Waals surface area contributed by atoms with Gasteiger partial charge in [0.25, 0.3) is 0 Å². The standard InChI is InChI=1S/C9H14N2OS/c1-7-6-13-9(10-7)5-11-3-2-8(12)4-11/h6,8,12H,2-5H2,1H3/t8-/m1/s1. The second-order valence-corrected chi connectivity index (χ2v) is 4.50. The van der Waals surface area contributed by atoms with E-state index in [2.05, 4.69) is 15.3 Å². The van der Waals surface area contributed by atoms with Gasteiger partial charge in [0, 0.05) is 24.2 Å². The minimum absolute atomic E-state index is 0.124. The van der Waals surface area contributed by atoms with E-state index >= 15 is 0 Å². The molecule has 13 heavy (non-hydrogen) atoms. The number of β-amino-alcohol motifs (C(OH)–C–C–N with tert-alkyl or cyclic N) is 1. The van der Waals surface area contributed by atoms with Gasteiger partial charge in [-0.05, 0) is 13.3 Å². The van der Waals surface area contributed by atoms with Crippen LogP contribution in [0.4, 0.5) is 0 Å². The minimum atomic E-state index is -0.124. The molecule has 0 saturated carbocycles. The Kier molecular flexibility index (Phi) is 2.62. The number of aromatic nitrogens is 1. The van der Waals surface area contributed by atoms with E-state index in [-0.39, 0.29) is 6.10 Å². The number of hydrogen-bond acceptors (Lipinski definition) is 4. The maximum atomic E-state index is 9.32. The molecule has 0 spiro atoms. The van der Waals surface area contributed by atoms with Gasteiger partial charge in [-0.1, -0.05) is 0 Å². The molecular formula is C9H14N2OS. The zero-order valence-electron chi connectivity index (χ0n) is 7.73. The Morgan fingerprint density at radius 1 is 1.77 bits per heavy atom. The maximum absolute atomic E-state index is 9.32. The SMILES string of the molecule is Cc1csc(CN2CC[C@@H](O)C2)n1. The first-order valence-electron chi connectivity index (χ1n) is 4.55. The van der Waals surface area contributed by atoms with Crippen molar-refractivity contribution in [3.63, 3.8) is 0 Å². The second kappa shape index (κ2) is 3.74. The van der Waals surface area contributed by atoms with Crippen molar-refractivity contribution in [1.82, 2.24) is 9.88 Å². The zero-order valence-corrected chi connectivity index (χ0v) is 8.55. The van der Waals surface area contributed by atoms with Gasteiger partial charge >= 0.3 is 0 Å². The summed E-state index contributed by atoms with van der Waals surface area (Å²) >= 11 is 1.70. The van der Waals surface area contributed by atoms with Crippen molar-refractivity contribution in [2.45, 2.75) is 26.0 Å². The lowest BCUT2D eigenvalue weighted by Gasteiger charge is -2.11. The third kappa shape index (κ3) is 2.27.